The molecule has 7 nitrogen and oxygen atoms in total. The van der Waals surface area contributed by atoms with Gasteiger partial charge in [-0.3, -0.25) is 0 Å². The summed E-state index contributed by atoms with van der Waals surface area (Å²) >= 11 is 0. The highest BCUT2D eigenvalue weighted by Gasteiger charge is 2.47. The monoisotopic (exact) mass is 360 g/mol. The van der Waals surface area contributed by atoms with Gasteiger partial charge in [-0.25, -0.2) is 18.4 Å². The molecule has 0 saturated carbocycles. The van der Waals surface area contributed by atoms with E-state index in [2.05, 4.69) is 15.3 Å². The van der Waals surface area contributed by atoms with Crippen molar-refractivity contribution in [3.8, 4) is 0 Å². The smallest absolute Gasteiger partial charge is 0.243 e. The molecule has 1 N–H and O–H groups in total. The van der Waals surface area contributed by atoms with Crippen LogP contribution in [0.25, 0.3) is 0 Å². The summed E-state index contributed by atoms with van der Waals surface area (Å²) in [6.07, 6.45) is 3.34. The molecular formula is C17H20N4O3S. The van der Waals surface area contributed by atoms with Gasteiger partial charge in [-0.2, -0.15) is 4.31 Å². The maximum absolute atomic E-state index is 12.8. The SMILES string of the molecule is O=S(=O)(c1ccccc1)N1C[C@H]2[C@H](CNc3ncccn3)CO[C@H]2C1. The van der Waals surface area contributed by atoms with Crippen LogP contribution in [-0.4, -0.2) is 55.0 Å². The summed E-state index contributed by atoms with van der Waals surface area (Å²) in [4.78, 5) is 8.63. The van der Waals surface area contributed by atoms with Gasteiger partial charge < -0.3 is 10.1 Å². The maximum atomic E-state index is 12.8. The fraction of sp³-hybridized carbons (Fsp3) is 0.412. The first kappa shape index (κ1) is 16.4. The third kappa shape index (κ3) is 3.24. The molecule has 1 aromatic carbocycles. The first-order chi connectivity index (χ1) is 12.1. The third-order valence-corrected chi connectivity index (χ3v) is 6.72. The van der Waals surface area contributed by atoms with Crippen molar-refractivity contribution in [1.82, 2.24) is 14.3 Å². The Bertz CT molecular complexity index is 816. The van der Waals surface area contributed by atoms with Gasteiger partial charge in [-0.05, 0) is 18.2 Å². The average Bonchev–Trinajstić information content (AvgIpc) is 3.23. The molecule has 0 bridgehead atoms. The Morgan fingerprint density at radius 1 is 1.12 bits per heavy atom. The Morgan fingerprint density at radius 3 is 2.64 bits per heavy atom. The number of fused-ring (bicyclic) bond motifs is 1. The lowest BCUT2D eigenvalue weighted by Crippen LogP contribution is -2.32. The van der Waals surface area contributed by atoms with Gasteiger partial charge in [0.1, 0.15) is 0 Å². The number of sulfonamides is 1. The minimum Gasteiger partial charge on any atom is -0.376 e. The van der Waals surface area contributed by atoms with E-state index >= 15 is 0 Å². The van der Waals surface area contributed by atoms with Gasteiger partial charge in [0.15, 0.2) is 0 Å². The van der Waals surface area contributed by atoms with Gasteiger partial charge in [0.2, 0.25) is 16.0 Å². The Hall–Kier alpha value is -2.03. The minimum atomic E-state index is -3.46. The van der Waals surface area contributed by atoms with Crippen molar-refractivity contribution >= 4 is 16.0 Å². The quantitative estimate of drug-likeness (QED) is 0.863. The molecule has 4 rings (SSSR count). The van der Waals surface area contributed by atoms with Gasteiger partial charge in [-0.1, -0.05) is 18.2 Å². The molecule has 3 heterocycles. The molecule has 0 spiro atoms. The fourth-order valence-corrected chi connectivity index (χ4v) is 5.03. The van der Waals surface area contributed by atoms with E-state index in [1.165, 1.54) is 0 Å². The summed E-state index contributed by atoms with van der Waals surface area (Å²) in [5.74, 6) is 1.01. The van der Waals surface area contributed by atoms with Gasteiger partial charge in [0.05, 0.1) is 17.6 Å². The van der Waals surface area contributed by atoms with Crippen molar-refractivity contribution in [2.75, 3.05) is 31.6 Å². The van der Waals surface area contributed by atoms with E-state index in [9.17, 15) is 8.42 Å². The van der Waals surface area contributed by atoms with E-state index in [1.54, 1.807) is 47.0 Å². The van der Waals surface area contributed by atoms with Crippen molar-refractivity contribution in [2.45, 2.75) is 11.0 Å². The van der Waals surface area contributed by atoms with Crippen LogP contribution in [0.1, 0.15) is 0 Å². The second-order valence-electron chi connectivity index (χ2n) is 6.38. The predicted octanol–water partition coefficient (Wildman–Crippen LogP) is 1.22. The minimum absolute atomic E-state index is 0.0398. The highest BCUT2D eigenvalue weighted by Crippen LogP contribution is 2.36. The molecule has 2 fully saturated rings. The van der Waals surface area contributed by atoms with Crippen LogP contribution in [0.15, 0.2) is 53.7 Å². The van der Waals surface area contributed by atoms with Gasteiger partial charge in [-0.15, -0.1) is 0 Å². The molecular weight excluding hydrogens is 340 g/mol. The summed E-state index contributed by atoms with van der Waals surface area (Å²) < 4.78 is 33.0. The first-order valence-electron chi connectivity index (χ1n) is 8.32. The lowest BCUT2D eigenvalue weighted by Gasteiger charge is -2.20. The Labute approximate surface area is 147 Å². The Kier molecular flexibility index (Phi) is 4.41. The predicted molar refractivity (Wildman–Crippen MR) is 92.4 cm³/mol. The highest BCUT2D eigenvalue weighted by molar-refractivity contribution is 7.89. The van der Waals surface area contributed by atoms with Crippen LogP contribution in [0, 0.1) is 11.8 Å². The van der Waals surface area contributed by atoms with Crippen LogP contribution >= 0.6 is 0 Å². The number of anilines is 1. The Morgan fingerprint density at radius 2 is 1.88 bits per heavy atom. The van der Waals surface area contributed by atoms with E-state index in [4.69, 9.17) is 4.74 Å². The lowest BCUT2D eigenvalue weighted by molar-refractivity contribution is 0.104. The van der Waals surface area contributed by atoms with Gasteiger partial charge in [0, 0.05) is 43.9 Å². The molecule has 1 aromatic heterocycles. The molecule has 0 radical (unpaired) electrons. The third-order valence-electron chi connectivity index (χ3n) is 4.87. The zero-order chi connectivity index (χ0) is 17.3. The number of nitrogens with one attached hydrogen (secondary N) is 1. The molecule has 3 atom stereocenters. The maximum Gasteiger partial charge on any atom is 0.243 e. The molecule has 0 aliphatic carbocycles. The van der Waals surface area contributed by atoms with E-state index in [0.717, 1.165) is 0 Å². The van der Waals surface area contributed by atoms with Crippen molar-refractivity contribution in [3.63, 3.8) is 0 Å². The van der Waals surface area contributed by atoms with E-state index in [1.807, 2.05) is 6.07 Å². The summed E-state index contributed by atoms with van der Waals surface area (Å²) in [5.41, 5.74) is 0. The van der Waals surface area contributed by atoms with Crippen molar-refractivity contribution < 1.29 is 13.2 Å². The molecule has 25 heavy (non-hydrogen) atoms. The topological polar surface area (TPSA) is 84.4 Å². The summed E-state index contributed by atoms with van der Waals surface area (Å²) in [6, 6.07) is 10.3. The lowest BCUT2D eigenvalue weighted by atomic mass is 9.93. The second kappa shape index (κ2) is 6.70. The molecule has 2 saturated heterocycles. The van der Waals surface area contributed by atoms with Gasteiger partial charge >= 0.3 is 0 Å². The van der Waals surface area contributed by atoms with Gasteiger partial charge in [0.25, 0.3) is 0 Å². The second-order valence-corrected chi connectivity index (χ2v) is 8.32. The molecule has 0 amide bonds. The van der Waals surface area contributed by atoms with E-state index in [-0.39, 0.29) is 17.9 Å². The number of ether oxygens (including phenoxy) is 1. The zero-order valence-corrected chi connectivity index (χ0v) is 14.5. The number of hydrogen-bond donors (Lipinski definition) is 1. The fourth-order valence-electron chi connectivity index (χ4n) is 3.52. The number of rotatable bonds is 5. The number of benzene rings is 1. The molecule has 132 valence electrons. The van der Waals surface area contributed by atoms with Crippen LogP contribution in [0.4, 0.5) is 5.95 Å². The Balaban J connectivity index is 1.43. The van der Waals surface area contributed by atoms with Crippen molar-refractivity contribution in [2.24, 2.45) is 11.8 Å². The summed E-state index contributed by atoms with van der Waals surface area (Å²) in [7, 11) is -3.46. The van der Waals surface area contributed by atoms with Crippen LogP contribution in [0.2, 0.25) is 0 Å². The van der Waals surface area contributed by atoms with Crippen LogP contribution in [-0.2, 0) is 14.8 Å². The van der Waals surface area contributed by atoms with Crippen LogP contribution in [0.3, 0.4) is 0 Å². The first-order valence-corrected chi connectivity index (χ1v) is 9.76. The normalized spacial score (nSPS) is 26.5. The zero-order valence-electron chi connectivity index (χ0n) is 13.7. The number of hydrogen-bond acceptors (Lipinski definition) is 6. The standard InChI is InChI=1S/C17H20N4O3S/c22-25(23,14-5-2-1-3-6-14)21-10-15-13(12-24-16(15)11-21)9-20-17-18-7-4-8-19-17/h1-8,13,15-16H,9-12H2,(H,18,19,20)/t13-,15+,16+/m1/s1. The molecule has 2 aliphatic rings. The number of nitrogens with zero attached hydrogens (tertiary/aromatic N) is 3. The molecule has 2 aromatic rings. The van der Waals surface area contributed by atoms with Crippen molar-refractivity contribution in [3.05, 3.63) is 48.8 Å². The number of aromatic nitrogens is 2. The highest BCUT2D eigenvalue weighted by atomic mass is 32.2. The van der Waals surface area contributed by atoms with E-state index in [0.29, 0.717) is 37.1 Å². The largest absolute Gasteiger partial charge is 0.376 e. The summed E-state index contributed by atoms with van der Waals surface area (Å²) in [5, 5.41) is 3.21. The van der Waals surface area contributed by atoms with Crippen LogP contribution in [0.5, 0.6) is 0 Å². The van der Waals surface area contributed by atoms with Crippen LogP contribution < -0.4 is 5.32 Å². The van der Waals surface area contributed by atoms with E-state index < -0.39 is 10.0 Å². The molecule has 2 aliphatic heterocycles. The average molecular weight is 360 g/mol. The van der Waals surface area contributed by atoms with Crippen molar-refractivity contribution in [1.29, 1.82) is 0 Å². The summed E-state index contributed by atoms with van der Waals surface area (Å²) in [6.45, 7) is 2.21. The molecule has 0 unspecified atom stereocenters. The molecule has 8 heteroatoms.